The molecule has 2 aromatic rings. The normalized spacial score (nSPS) is 16.4. The van der Waals surface area contributed by atoms with Crippen molar-refractivity contribution in [3.8, 4) is 11.5 Å². The highest BCUT2D eigenvalue weighted by molar-refractivity contribution is 8.26. The van der Waals surface area contributed by atoms with Gasteiger partial charge >= 0.3 is 0 Å². The summed E-state index contributed by atoms with van der Waals surface area (Å²) >= 11 is 6.49. The Labute approximate surface area is 142 Å². The molecule has 0 spiro atoms. The molecule has 1 N–H and O–H groups in total. The number of furan rings is 1. The number of thioether (sulfide) groups is 1. The number of rotatable bonds is 4. The highest BCUT2D eigenvalue weighted by Gasteiger charge is 2.32. The maximum Gasteiger partial charge on any atom is 0.266 e. The molecular weight excluding hydrogens is 334 g/mol. The van der Waals surface area contributed by atoms with Crippen molar-refractivity contribution in [3.05, 3.63) is 52.8 Å². The van der Waals surface area contributed by atoms with Crippen molar-refractivity contribution in [2.24, 2.45) is 0 Å². The second kappa shape index (κ2) is 6.47. The van der Waals surface area contributed by atoms with E-state index in [1.807, 2.05) is 0 Å². The number of hydrogen-bond donors (Lipinski definition) is 1. The fourth-order valence-electron chi connectivity index (χ4n) is 2.14. The fraction of sp³-hybridized carbons (Fsp3) is 0.125. The summed E-state index contributed by atoms with van der Waals surface area (Å²) in [6.45, 7) is 0.308. The summed E-state index contributed by atoms with van der Waals surface area (Å²) in [6.07, 6.45) is 3.25. The lowest BCUT2D eigenvalue weighted by molar-refractivity contribution is -0.122. The van der Waals surface area contributed by atoms with E-state index in [0.29, 0.717) is 32.8 Å². The number of aromatic hydroxyl groups is 1. The first kappa shape index (κ1) is 15.6. The zero-order valence-electron chi connectivity index (χ0n) is 12.2. The van der Waals surface area contributed by atoms with Gasteiger partial charge in [0.2, 0.25) is 0 Å². The number of ether oxygens (including phenoxy) is 1. The Hall–Kier alpha value is -2.25. The molecule has 2 heterocycles. The molecule has 5 nitrogen and oxygen atoms in total. The highest BCUT2D eigenvalue weighted by atomic mass is 32.2. The molecular formula is C16H13NO4S2. The van der Waals surface area contributed by atoms with Crippen LogP contribution < -0.4 is 4.74 Å². The van der Waals surface area contributed by atoms with Crippen molar-refractivity contribution in [1.29, 1.82) is 0 Å². The molecule has 1 aliphatic heterocycles. The van der Waals surface area contributed by atoms with Gasteiger partial charge in [-0.3, -0.25) is 9.69 Å². The van der Waals surface area contributed by atoms with Gasteiger partial charge in [0, 0.05) is 0 Å². The van der Waals surface area contributed by atoms with Gasteiger partial charge in [0.1, 0.15) is 10.1 Å². The number of phenols is 1. The van der Waals surface area contributed by atoms with E-state index in [0.717, 1.165) is 0 Å². The van der Waals surface area contributed by atoms with E-state index >= 15 is 0 Å². The van der Waals surface area contributed by atoms with E-state index in [9.17, 15) is 9.90 Å². The first-order chi connectivity index (χ1) is 11.1. The molecule has 0 atom stereocenters. The molecule has 0 bridgehead atoms. The minimum Gasteiger partial charge on any atom is -0.504 e. The lowest BCUT2D eigenvalue weighted by Crippen LogP contribution is -2.27. The second-order valence-corrected chi connectivity index (χ2v) is 6.45. The van der Waals surface area contributed by atoms with Gasteiger partial charge < -0.3 is 14.3 Å². The Balaban J connectivity index is 1.82. The summed E-state index contributed by atoms with van der Waals surface area (Å²) in [6, 6.07) is 8.51. The van der Waals surface area contributed by atoms with Gasteiger partial charge in [-0.1, -0.05) is 30.0 Å². The standard InChI is InChI=1S/C16H13NO4S2/c1-20-13-5-4-10(7-12(13)18)8-14-15(19)17(16(22)23-14)9-11-3-2-6-21-11/h2-8,18H,9H2,1H3/b14-8+. The zero-order valence-corrected chi connectivity index (χ0v) is 13.8. The Kier molecular flexibility index (Phi) is 4.40. The first-order valence-electron chi connectivity index (χ1n) is 6.73. The largest absolute Gasteiger partial charge is 0.504 e. The van der Waals surface area contributed by atoms with E-state index in [4.69, 9.17) is 21.4 Å². The van der Waals surface area contributed by atoms with Crippen molar-refractivity contribution >= 4 is 40.3 Å². The smallest absolute Gasteiger partial charge is 0.266 e. The predicted molar refractivity (Wildman–Crippen MR) is 92.1 cm³/mol. The number of carbonyl (C=O) groups excluding carboxylic acids is 1. The van der Waals surface area contributed by atoms with Gasteiger partial charge in [0.25, 0.3) is 5.91 Å². The van der Waals surface area contributed by atoms with Gasteiger partial charge in [-0.15, -0.1) is 0 Å². The van der Waals surface area contributed by atoms with Crippen molar-refractivity contribution < 1.29 is 19.1 Å². The fourth-order valence-corrected chi connectivity index (χ4v) is 3.40. The van der Waals surface area contributed by atoms with E-state index in [-0.39, 0.29) is 11.7 Å². The molecule has 7 heteroatoms. The topological polar surface area (TPSA) is 62.9 Å². The summed E-state index contributed by atoms with van der Waals surface area (Å²) in [5, 5.41) is 9.81. The number of amides is 1. The van der Waals surface area contributed by atoms with E-state index in [1.54, 1.807) is 36.6 Å². The van der Waals surface area contributed by atoms with Gasteiger partial charge in [-0.25, -0.2) is 0 Å². The van der Waals surface area contributed by atoms with Crippen LogP contribution in [0.4, 0.5) is 0 Å². The summed E-state index contributed by atoms with van der Waals surface area (Å²) in [5.74, 6) is 0.899. The molecule has 0 unspecified atom stereocenters. The van der Waals surface area contributed by atoms with Crippen molar-refractivity contribution in [2.45, 2.75) is 6.54 Å². The minimum atomic E-state index is -0.174. The van der Waals surface area contributed by atoms with Crippen LogP contribution in [-0.2, 0) is 11.3 Å². The van der Waals surface area contributed by atoms with Crippen LogP contribution in [0.15, 0.2) is 45.9 Å². The zero-order chi connectivity index (χ0) is 16.4. The SMILES string of the molecule is COc1ccc(/C=C2/SC(=S)N(Cc3ccco3)C2=O)cc1O. The summed E-state index contributed by atoms with van der Waals surface area (Å²) in [4.78, 5) is 14.5. The maximum absolute atomic E-state index is 12.5. The second-order valence-electron chi connectivity index (χ2n) is 4.78. The van der Waals surface area contributed by atoms with Crippen LogP contribution in [0.1, 0.15) is 11.3 Å². The third-order valence-electron chi connectivity index (χ3n) is 3.27. The van der Waals surface area contributed by atoms with Gasteiger partial charge in [-0.05, 0) is 35.9 Å². The van der Waals surface area contributed by atoms with Crippen LogP contribution in [0.5, 0.6) is 11.5 Å². The maximum atomic E-state index is 12.5. The van der Waals surface area contributed by atoms with Crippen molar-refractivity contribution in [1.82, 2.24) is 4.90 Å². The molecule has 1 amide bonds. The van der Waals surface area contributed by atoms with Crippen LogP contribution >= 0.6 is 24.0 Å². The quantitative estimate of drug-likeness (QED) is 0.676. The Bertz CT molecular complexity index is 783. The molecule has 0 saturated carbocycles. The van der Waals surface area contributed by atoms with Gasteiger partial charge in [-0.2, -0.15) is 0 Å². The Morgan fingerprint density at radius 1 is 1.43 bits per heavy atom. The molecule has 1 aromatic heterocycles. The molecule has 1 saturated heterocycles. The van der Waals surface area contributed by atoms with Crippen molar-refractivity contribution in [2.75, 3.05) is 7.11 Å². The number of nitrogens with zero attached hydrogens (tertiary/aromatic N) is 1. The van der Waals surface area contributed by atoms with Crippen molar-refractivity contribution in [3.63, 3.8) is 0 Å². The summed E-state index contributed by atoms with van der Waals surface area (Å²) in [7, 11) is 1.48. The Morgan fingerprint density at radius 3 is 2.91 bits per heavy atom. The minimum absolute atomic E-state index is 0.0207. The van der Waals surface area contributed by atoms with Crippen LogP contribution in [0.3, 0.4) is 0 Å². The average molecular weight is 347 g/mol. The lowest BCUT2D eigenvalue weighted by Gasteiger charge is -2.12. The lowest BCUT2D eigenvalue weighted by atomic mass is 10.2. The number of phenolic OH excluding ortho intramolecular Hbond substituents is 1. The summed E-state index contributed by atoms with van der Waals surface area (Å²) in [5.41, 5.74) is 0.696. The number of carbonyl (C=O) groups is 1. The van der Waals surface area contributed by atoms with Crippen LogP contribution in [-0.4, -0.2) is 27.3 Å². The highest BCUT2D eigenvalue weighted by Crippen LogP contribution is 2.35. The molecule has 1 aliphatic rings. The van der Waals surface area contributed by atoms with Gasteiger partial charge in [0.15, 0.2) is 11.5 Å². The number of hydrogen-bond acceptors (Lipinski definition) is 6. The average Bonchev–Trinajstić information content (AvgIpc) is 3.12. The molecule has 118 valence electrons. The van der Waals surface area contributed by atoms with E-state index in [1.165, 1.54) is 29.8 Å². The van der Waals surface area contributed by atoms with E-state index in [2.05, 4.69) is 0 Å². The predicted octanol–water partition coefficient (Wildman–Crippen LogP) is 3.40. The van der Waals surface area contributed by atoms with Gasteiger partial charge in [0.05, 0.1) is 24.8 Å². The number of benzene rings is 1. The molecule has 23 heavy (non-hydrogen) atoms. The van der Waals surface area contributed by atoms with Crippen LogP contribution in [0.2, 0.25) is 0 Å². The summed E-state index contributed by atoms with van der Waals surface area (Å²) < 4.78 is 10.7. The Morgan fingerprint density at radius 2 is 2.26 bits per heavy atom. The van der Waals surface area contributed by atoms with Crippen LogP contribution in [0, 0.1) is 0 Å². The molecule has 1 fully saturated rings. The molecule has 0 radical (unpaired) electrons. The monoisotopic (exact) mass is 347 g/mol. The molecule has 0 aliphatic carbocycles. The molecule has 3 rings (SSSR count). The third kappa shape index (κ3) is 3.25. The van der Waals surface area contributed by atoms with Crippen LogP contribution in [0.25, 0.3) is 6.08 Å². The number of thiocarbonyl (C=S) groups is 1. The third-order valence-corrected chi connectivity index (χ3v) is 4.65. The van der Waals surface area contributed by atoms with E-state index < -0.39 is 0 Å². The first-order valence-corrected chi connectivity index (χ1v) is 7.95. The molecule has 1 aromatic carbocycles. The number of methoxy groups -OCH3 is 1.